The van der Waals surface area contributed by atoms with Gasteiger partial charge in [-0.25, -0.2) is 0 Å². The molecule has 0 fully saturated rings. The molecule has 3 aromatic carbocycles. The van der Waals surface area contributed by atoms with Crippen molar-refractivity contribution in [3.8, 4) is 5.75 Å². The van der Waals surface area contributed by atoms with Gasteiger partial charge in [0.2, 0.25) is 5.91 Å². The van der Waals surface area contributed by atoms with Crippen LogP contribution in [0.5, 0.6) is 5.75 Å². The maximum absolute atomic E-state index is 13.5. The van der Waals surface area contributed by atoms with Crippen LogP contribution in [0.25, 0.3) is 0 Å². The van der Waals surface area contributed by atoms with Gasteiger partial charge in [-0.1, -0.05) is 98.6 Å². The quantitative estimate of drug-likeness (QED) is 0.366. The van der Waals surface area contributed by atoms with E-state index in [0.29, 0.717) is 25.3 Å². The summed E-state index contributed by atoms with van der Waals surface area (Å²) >= 11 is 0. The van der Waals surface area contributed by atoms with Gasteiger partial charge >= 0.3 is 0 Å². The van der Waals surface area contributed by atoms with Crippen LogP contribution in [0.1, 0.15) is 37.3 Å². The minimum atomic E-state index is -0.642. The zero-order chi connectivity index (χ0) is 24.0. The molecule has 0 radical (unpaired) electrons. The van der Waals surface area contributed by atoms with Gasteiger partial charge in [-0.05, 0) is 29.7 Å². The van der Waals surface area contributed by atoms with Crippen LogP contribution >= 0.6 is 0 Å². The van der Waals surface area contributed by atoms with Crippen LogP contribution in [0.15, 0.2) is 91.0 Å². The highest BCUT2D eigenvalue weighted by molar-refractivity contribution is 5.88. The first kappa shape index (κ1) is 25.0. The summed E-state index contributed by atoms with van der Waals surface area (Å²) < 4.78 is 5.76. The predicted molar refractivity (Wildman–Crippen MR) is 135 cm³/mol. The average Bonchev–Trinajstić information content (AvgIpc) is 2.89. The molecule has 1 unspecified atom stereocenters. The van der Waals surface area contributed by atoms with Crippen molar-refractivity contribution in [2.24, 2.45) is 0 Å². The Morgan fingerprint density at radius 3 is 2.03 bits per heavy atom. The van der Waals surface area contributed by atoms with Gasteiger partial charge in [0, 0.05) is 19.5 Å². The van der Waals surface area contributed by atoms with Crippen molar-refractivity contribution in [2.75, 3.05) is 13.2 Å². The number of amides is 2. The molecule has 5 nitrogen and oxygen atoms in total. The molecule has 3 rings (SSSR count). The minimum absolute atomic E-state index is 0.134. The van der Waals surface area contributed by atoms with Crippen LogP contribution in [0.2, 0.25) is 0 Å². The summed E-state index contributed by atoms with van der Waals surface area (Å²) in [4.78, 5) is 28.5. The third kappa shape index (κ3) is 8.07. The standard InChI is InChI=1S/C29H34N2O3/c1-2-3-13-20-30-29(33)27(21-24-14-7-4-8-15-24)31(22-25-16-9-5-10-17-25)28(32)23-34-26-18-11-6-12-19-26/h4-12,14-19,27H,2-3,13,20-23H2,1H3,(H,30,33). The summed E-state index contributed by atoms with van der Waals surface area (Å²) in [7, 11) is 0. The van der Waals surface area contributed by atoms with Crippen LogP contribution in [0, 0.1) is 0 Å². The molecule has 1 atom stereocenters. The molecule has 178 valence electrons. The van der Waals surface area contributed by atoms with E-state index in [0.717, 1.165) is 30.4 Å². The van der Waals surface area contributed by atoms with E-state index in [1.54, 1.807) is 4.90 Å². The number of carbonyl (C=O) groups excluding carboxylic acids is 2. The van der Waals surface area contributed by atoms with E-state index in [-0.39, 0.29) is 18.4 Å². The van der Waals surface area contributed by atoms with E-state index in [1.165, 1.54) is 0 Å². The van der Waals surface area contributed by atoms with Crippen LogP contribution in [-0.2, 0) is 22.6 Å². The van der Waals surface area contributed by atoms with Gasteiger partial charge in [0.05, 0.1) is 0 Å². The lowest BCUT2D eigenvalue weighted by atomic mass is 10.0. The first-order valence-electron chi connectivity index (χ1n) is 12.0. The summed E-state index contributed by atoms with van der Waals surface area (Å²) in [6.07, 6.45) is 3.49. The average molecular weight is 459 g/mol. The smallest absolute Gasteiger partial charge is 0.261 e. The number of para-hydroxylation sites is 1. The van der Waals surface area contributed by atoms with E-state index in [4.69, 9.17) is 4.74 Å². The molecule has 5 heteroatoms. The number of ether oxygens (including phenoxy) is 1. The van der Waals surface area contributed by atoms with Crippen LogP contribution in [0.4, 0.5) is 0 Å². The maximum atomic E-state index is 13.5. The second-order valence-electron chi connectivity index (χ2n) is 8.31. The molecule has 0 heterocycles. The molecular formula is C29H34N2O3. The summed E-state index contributed by atoms with van der Waals surface area (Å²) in [5.74, 6) is 0.264. The van der Waals surface area contributed by atoms with E-state index >= 15 is 0 Å². The Balaban J connectivity index is 1.83. The number of nitrogens with one attached hydrogen (secondary N) is 1. The highest BCUT2D eigenvalue weighted by atomic mass is 16.5. The van der Waals surface area contributed by atoms with Gasteiger partial charge in [0.15, 0.2) is 6.61 Å². The molecule has 34 heavy (non-hydrogen) atoms. The van der Waals surface area contributed by atoms with Crippen LogP contribution in [0.3, 0.4) is 0 Å². The SMILES string of the molecule is CCCCCNC(=O)C(Cc1ccccc1)N(Cc1ccccc1)C(=O)COc1ccccc1. The molecule has 2 amide bonds. The van der Waals surface area contributed by atoms with Gasteiger partial charge < -0.3 is 15.0 Å². The normalized spacial score (nSPS) is 11.4. The van der Waals surface area contributed by atoms with Gasteiger partial charge in [0.1, 0.15) is 11.8 Å². The highest BCUT2D eigenvalue weighted by Crippen LogP contribution is 2.16. The number of hydrogen-bond donors (Lipinski definition) is 1. The Hall–Kier alpha value is -3.60. The van der Waals surface area contributed by atoms with Crippen LogP contribution < -0.4 is 10.1 Å². The van der Waals surface area contributed by atoms with Gasteiger partial charge in [-0.3, -0.25) is 9.59 Å². The number of carbonyl (C=O) groups is 2. The van der Waals surface area contributed by atoms with Crippen molar-refractivity contribution in [1.29, 1.82) is 0 Å². The number of unbranched alkanes of at least 4 members (excludes halogenated alkanes) is 2. The van der Waals surface area contributed by atoms with Crippen molar-refractivity contribution in [1.82, 2.24) is 10.2 Å². The lowest BCUT2D eigenvalue weighted by Crippen LogP contribution is -2.51. The molecule has 3 aromatic rings. The Morgan fingerprint density at radius 1 is 0.824 bits per heavy atom. The molecule has 0 saturated heterocycles. The second-order valence-corrected chi connectivity index (χ2v) is 8.31. The van der Waals surface area contributed by atoms with E-state index in [9.17, 15) is 9.59 Å². The molecule has 0 aliphatic heterocycles. The Bertz CT molecular complexity index is 994. The zero-order valence-electron chi connectivity index (χ0n) is 19.9. The summed E-state index contributed by atoms with van der Waals surface area (Å²) in [5, 5.41) is 3.06. The fraction of sp³-hybridized carbons (Fsp3) is 0.310. The van der Waals surface area contributed by atoms with Gasteiger partial charge in [-0.15, -0.1) is 0 Å². The third-order valence-corrected chi connectivity index (χ3v) is 5.65. The number of rotatable bonds is 13. The summed E-state index contributed by atoms with van der Waals surface area (Å²) in [6, 6.07) is 28.2. The molecule has 0 aliphatic rings. The van der Waals surface area contributed by atoms with Crippen molar-refractivity contribution in [2.45, 2.75) is 45.2 Å². The number of nitrogens with zero attached hydrogens (tertiary/aromatic N) is 1. The molecule has 0 spiro atoms. The molecule has 0 saturated carbocycles. The minimum Gasteiger partial charge on any atom is -0.484 e. The Kier molecular flexibility index (Phi) is 10.2. The summed E-state index contributed by atoms with van der Waals surface area (Å²) in [5.41, 5.74) is 1.97. The monoisotopic (exact) mass is 458 g/mol. The number of hydrogen-bond acceptors (Lipinski definition) is 3. The van der Waals surface area contributed by atoms with Crippen molar-refractivity contribution in [3.63, 3.8) is 0 Å². The van der Waals surface area contributed by atoms with E-state index in [2.05, 4.69) is 12.2 Å². The topological polar surface area (TPSA) is 58.6 Å². The fourth-order valence-electron chi connectivity index (χ4n) is 3.78. The molecule has 0 bridgehead atoms. The van der Waals surface area contributed by atoms with Crippen molar-refractivity contribution >= 4 is 11.8 Å². The molecule has 0 aliphatic carbocycles. The summed E-state index contributed by atoms with van der Waals surface area (Å²) in [6.45, 7) is 2.93. The Labute approximate surface area is 202 Å². The largest absolute Gasteiger partial charge is 0.484 e. The third-order valence-electron chi connectivity index (χ3n) is 5.65. The zero-order valence-corrected chi connectivity index (χ0v) is 19.9. The van der Waals surface area contributed by atoms with Gasteiger partial charge in [0.25, 0.3) is 5.91 Å². The maximum Gasteiger partial charge on any atom is 0.261 e. The van der Waals surface area contributed by atoms with Crippen LogP contribution in [-0.4, -0.2) is 35.9 Å². The first-order chi connectivity index (χ1) is 16.7. The lowest BCUT2D eigenvalue weighted by molar-refractivity contribution is -0.142. The lowest BCUT2D eigenvalue weighted by Gasteiger charge is -2.31. The number of benzene rings is 3. The predicted octanol–water partition coefficient (Wildman–Crippen LogP) is 5.01. The van der Waals surface area contributed by atoms with Gasteiger partial charge in [-0.2, -0.15) is 0 Å². The van der Waals surface area contributed by atoms with Crippen molar-refractivity contribution in [3.05, 3.63) is 102 Å². The first-order valence-corrected chi connectivity index (χ1v) is 12.0. The highest BCUT2D eigenvalue weighted by Gasteiger charge is 2.30. The second kappa shape index (κ2) is 13.8. The molecule has 1 N–H and O–H groups in total. The fourth-order valence-corrected chi connectivity index (χ4v) is 3.78. The Morgan fingerprint density at radius 2 is 1.41 bits per heavy atom. The molecule has 0 aromatic heterocycles. The van der Waals surface area contributed by atoms with E-state index in [1.807, 2.05) is 91.0 Å². The van der Waals surface area contributed by atoms with E-state index < -0.39 is 6.04 Å². The van der Waals surface area contributed by atoms with Crippen molar-refractivity contribution < 1.29 is 14.3 Å². The molecular weight excluding hydrogens is 424 g/mol.